The highest BCUT2D eigenvalue weighted by atomic mass is 32.2. The molecule has 3 aromatic carbocycles. The van der Waals surface area contributed by atoms with Gasteiger partial charge in [-0.05, 0) is 55.0 Å². The van der Waals surface area contributed by atoms with Crippen LogP contribution in [-0.2, 0) is 39.5 Å². The topological polar surface area (TPSA) is 88.1 Å². The molecule has 2 aliphatic heterocycles. The minimum absolute atomic E-state index is 0.118. The van der Waals surface area contributed by atoms with Crippen molar-refractivity contribution in [3.8, 4) is 5.75 Å². The predicted molar refractivity (Wildman–Crippen MR) is 141 cm³/mol. The quantitative estimate of drug-likeness (QED) is 0.193. The van der Waals surface area contributed by atoms with Gasteiger partial charge in [0, 0.05) is 11.8 Å². The summed E-state index contributed by atoms with van der Waals surface area (Å²) in [5, 5.41) is 0. The second-order valence-corrected chi connectivity index (χ2v) is 13.1. The van der Waals surface area contributed by atoms with Crippen LogP contribution >= 0.6 is 11.8 Å². The monoisotopic (exact) mass is 561 g/mol. The van der Waals surface area contributed by atoms with E-state index in [2.05, 4.69) is 48.5 Å². The van der Waals surface area contributed by atoms with E-state index < -0.39 is 42.0 Å². The molecular formula is C30H25O7S2+. The Bertz CT molecular complexity index is 1430. The highest BCUT2D eigenvalue weighted by Crippen LogP contribution is 2.59. The van der Waals surface area contributed by atoms with Gasteiger partial charge in [-0.3, -0.25) is 9.59 Å². The molecule has 198 valence electrons. The predicted octanol–water partition coefficient (Wildman–Crippen LogP) is 4.52. The normalized spacial score (nSPS) is 27.9. The molecule has 1 saturated heterocycles. The van der Waals surface area contributed by atoms with Crippen LogP contribution in [0.3, 0.4) is 0 Å². The second-order valence-electron chi connectivity index (χ2n) is 10.1. The second kappa shape index (κ2) is 9.64. The first-order valence-corrected chi connectivity index (χ1v) is 14.9. The van der Waals surface area contributed by atoms with Crippen LogP contribution in [0.1, 0.15) is 6.42 Å². The summed E-state index contributed by atoms with van der Waals surface area (Å²) in [5.41, 5.74) is 0. The molecule has 0 amide bonds. The first-order valence-electron chi connectivity index (χ1n) is 12.8. The molecular weight excluding hydrogens is 536 g/mol. The number of fused-ring (bicyclic) bond motifs is 3. The molecule has 6 unspecified atom stereocenters. The lowest BCUT2D eigenvalue weighted by Gasteiger charge is -2.29. The van der Waals surface area contributed by atoms with Crippen molar-refractivity contribution in [1.29, 1.82) is 0 Å². The van der Waals surface area contributed by atoms with Crippen molar-refractivity contribution in [2.75, 3.05) is 13.7 Å². The van der Waals surface area contributed by atoms with Gasteiger partial charge in [0.15, 0.2) is 21.3 Å². The highest BCUT2D eigenvalue weighted by Gasteiger charge is 2.70. The molecule has 0 aromatic heterocycles. The smallest absolute Gasteiger partial charge is 0.344 e. The summed E-state index contributed by atoms with van der Waals surface area (Å²) in [7, 11) is 1.06. The van der Waals surface area contributed by atoms with Gasteiger partial charge in [0.1, 0.15) is 28.9 Å². The maximum atomic E-state index is 12.7. The van der Waals surface area contributed by atoms with Gasteiger partial charge >= 0.3 is 17.9 Å². The lowest BCUT2D eigenvalue weighted by Crippen LogP contribution is -2.44. The lowest BCUT2D eigenvalue weighted by atomic mass is 9.78. The highest BCUT2D eigenvalue weighted by molar-refractivity contribution is 8.04. The fraction of sp³-hybridized carbons (Fsp3) is 0.300. The number of ether oxygens (including phenoxy) is 4. The van der Waals surface area contributed by atoms with Crippen LogP contribution in [-0.4, -0.2) is 43.8 Å². The van der Waals surface area contributed by atoms with Gasteiger partial charge in [-0.2, -0.15) is 0 Å². The van der Waals surface area contributed by atoms with Gasteiger partial charge in [0.05, 0.1) is 28.7 Å². The Kier molecular flexibility index (Phi) is 6.08. The summed E-state index contributed by atoms with van der Waals surface area (Å²) in [6.07, 6.45) is -0.559. The molecule has 9 heteroatoms. The Morgan fingerprint density at radius 3 is 2.28 bits per heavy atom. The number of carbonyl (C=O) groups is 3. The molecule has 2 heterocycles. The van der Waals surface area contributed by atoms with Crippen molar-refractivity contribution in [1.82, 2.24) is 0 Å². The number of methoxy groups -OCH3 is 1. The van der Waals surface area contributed by atoms with E-state index in [-0.39, 0.29) is 29.3 Å². The van der Waals surface area contributed by atoms with Crippen molar-refractivity contribution in [3.05, 3.63) is 72.8 Å². The van der Waals surface area contributed by atoms with E-state index in [0.29, 0.717) is 12.2 Å². The molecule has 0 radical (unpaired) electrons. The molecule has 6 atom stereocenters. The molecule has 7 rings (SSSR count). The molecule has 2 saturated carbocycles. The van der Waals surface area contributed by atoms with Crippen molar-refractivity contribution in [3.63, 3.8) is 0 Å². The van der Waals surface area contributed by atoms with E-state index in [1.807, 2.05) is 24.3 Å². The average molecular weight is 562 g/mol. The maximum absolute atomic E-state index is 12.7. The number of carbonyl (C=O) groups excluding carboxylic acids is 3. The Morgan fingerprint density at radius 1 is 0.949 bits per heavy atom. The van der Waals surface area contributed by atoms with Gasteiger partial charge in [-0.1, -0.05) is 36.0 Å². The van der Waals surface area contributed by atoms with Gasteiger partial charge in [-0.15, -0.1) is 0 Å². The molecule has 2 aliphatic carbocycles. The van der Waals surface area contributed by atoms with Crippen molar-refractivity contribution in [2.24, 2.45) is 23.7 Å². The molecule has 3 aromatic rings. The third-order valence-electron chi connectivity index (χ3n) is 8.06. The van der Waals surface area contributed by atoms with Gasteiger partial charge in [0.2, 0.25) is 0 Å². The van der Waals surface area contributed by atoms with E-state index in [0.717, 1.165) is 0 Å². The summed E-state index contributed by atoms with van der Waals surface area (Å²) < 4.78 is 21.9. The van der Waals surface area contributed by atoms with E-state index >= 15 is 0 Å². The van der Waals surface area contributed by atoms with Crippen LogP contribution < -0.4 is 4.74 Å². The summed E-state index contributed by atoms with van der Waals surface area (Å²) >= 11 is 1.80. The van der Waals surface area contributed by atoms with Crippen LogP contribution in [0.5, 0.6) is 5.75 Å². The zero-order chi connectivity index (χ0) is 26.7. The lowest BCUT2D eigenvalue weighted by molar-refractivity contribution is -0.166. The Hall–Kier alpha value is -3.43. The SMILES string of the molecule is COC(=O)C1C2CC3C(OC(=O)C31)C2OC(=O)COc1ccc([S+]2c3ccccc3Sc3ccccc32)cc1. The minimum atomic E-state index is -0.661. The average Bonchev–Trinajstić information content (AvgIpc) is 3.59. The number of rotatable bonds is 6. The van der Waals surface area contributed by atoms with Crippen LogP contribution in [0.25, 0.3) is 0 Å². The van der Waals surface area contributed by atoms with Crippen molar-refractivity contribution >= 4 is 40.6 Å². The number of benzene rings is 3. The number of hydrogen-bond acceptors (Lipinski definition) is 8. The molecule has 7 nitrogen and oxygen atoms in total. The first-order chi connectivity index (χ1) is 19.0. The summed E-state index contributed by atoms with van der Waals surface area (Å²) in [6, 6.07) is 24.8. The molecule has 3 fully saturated rings. The molecule has 0 spiro atoms. The standard InChI is InChI=1S/C30H25O7S2/c1-34-29(32)25-18-14-19-26(25)30(33)37-28(19)27(18)36-24(31)15-35-16-10-12-17(13-11-16)39-22-8-4-2-6-20(22)38-21-7-3-5-9-23(21)39/h2-13,18-19,25-28H,14-15H2,1H3/q+1. The van der Waals surface area contributed by atoms with Crippen LogP contribution in [0.15, 0.2) is 97.3 Å². The van der Waals surface area contributed by atoms with E-state index in [9.17, 15) is 14.4 Å². The van der Waals surface area contributed by atoms with Gasteiger partial charge in [-0.25, -0.2) is 4.79 Å². The van der Waals surface area contributed by atoms with Crippen molar-refractivity contribution < 1.29 is 33.3 Å². The fourth-order valence-corrected chi connectivity index (χ4v) is 10.2. The third kappa shape index (κ3) is 4.02. The van der Waals surface area contributed by atoms with Crippen LogP contribution in [0.4, 0.5) is 0 Å². The van der Waals surface area contributed by atoms with E-state index in [1.54, 1.807) is 11.8 Å². The van der Waals surface area contributed by atoms with Crippen LogP contribution in [0.2, 0.25) is 0 Å². The van der Waals surface area contributed by atoms with Crippen LogP contribution in [0, 0.1) is 23.7 Å². The Morgan fingerprint density at radius 2 is 1.62 bits per heavy atom. The van der Waals surface area contributed by atoms with E-state index in [4.69, 9.17) is 18.9 Å². The minimum Gasteiger partial charge on any atom is -0.482 e. The maximum Gasteiger partial charge on any atom is 0.344 e. The summed E-state index contributed by atoms with van der Waals surface area (Å²) in [4.78, 5) is 43.7. The van der Waals surface area contributed by atoms with Gasteiger partial charge < -0.3 is 18.9 Å². The summed E-state index contributed by atoms with van der Waals surface area (Å²) in [6.45, 7) is -0.283. The zero-order valence-corrected chi connectivity index (χ0v) is 22.6. The summed E-state index contributed by atoms with van der Waals surface area (Å²) in [5.74, 6) is -2.40. The first kappa shape index (κ1) is 24.6. The van der Waals surface area contributed by atoms with E-state index in [1.165, 1.54) is 31.6 Å². The molecule has 0 N–H and O–H groups in total. The zero-order valence-electron chi connectivity index (χ0n) is 21.0. The Balaban J connectivity index is 1.03. The van der Waals surface area contributed by atoms with Gasteiger partial charge in [0.25, 0.3) is 0 Å². The molecule has 39 heavy (non-hydrogen) atoms. The molecule has 4 aliphatic rings. The van der Waals surface area contributed by atoms with Crippen molar-refractivity contribution in [2.45, 2.75) is 43.1 Å². The fourth-order valence-electron chi connectivity index (χ4n) is 6.50. The third-order valence-corrected chi connectivity index (χ3v) is 11.8. The number of hydrogen-bond donors (Lipinski definition) is 0. The number of esters is 3. The molecule has 2 bridgehead atoms. The largest absolute Gasteiger partial charge is 0.482 e. The Labute approximate surface area is 232 Å².